The average molecular weight is 463 g/mol. The number of nitrogens with one attached hydrogen (secondary N) is 2. The van der Waals surface area contributed by atoms with Crippen molar-refractivity contribution in [2.45, 2.75) is 0 Å². The van der Waals surface area contributed by atoms with E-state index in [-0.39, 0.29) is 24.0 Å². The number of carbonyl (C=O) groups excluding carboxylic acids is 2. The summed E-state index contributed by atoms with van der Waals surface area (Å²) in [6.45, 7) is 3.62. The number of halogens is 1. The SMILES string of the molecule is CN1CCN(c2ccc(NC(=O)c3ccccc3OCC(=O)Nc3ccccc3F)cc2)CC1. The summed E-state index contributed by atoms with van der Waals surface area (Å²) in [5, 5.41) is 5.33. The Morgan fingerprint density at radius 3 is 2.29 bits per heavy atom. The van der Waals surface area contributed by atoms with Gasteiger partial charge in [0.05, 0.1) is 11.3 Å². The minimum atomic E-state index is -0.533. The smallest absolute Gasteiger partial charge is 0.262 e. The number of hydrogen-bond donors (Lipinski definition) is 2. The maximum absolute atomic E-state index is 13.7. The van der Waals surface area contributed by atoms with E-state index in [0.717, 1.165) is 31.9 Å². The molecule has 0 atom stereocenters. The lowest BCUT2D eigenvalue weighted by Crippen LogP contribution is -2.44. The molecule has 0 aromatic heterocycles. The summed E-state index contributed by atoms with van der Waals surface area (Å²) in [5.41, 5.74) is 2.15. The molecule has 1 aliphatic rings. The van der Waals surface area contributed by atoms with Gasteiger partial charge in [-0.15, -0.1) is 0 Å². The van der Waals surface area contributed by atoms with Crippen LogP contribution in [0.15, 0.2) is 72.8 Å². The van der Waals surface area contributed by atoms with Crippen molar-refractivity contribution in [3.63, 3.8) is 0 Å². The molecule has 1 fully saturated rings. The standard InChI is InChI=1S/C26H27FN4O3/c1-30-14-16-31(17-15-30)20-12-10-19(11-13-20)28-26(33)21-6-2-5-9-24(21)34-18-25(32)29-23-8-4-3-7-22(23)27/h2-13H,14-18H2,1H3,(H,28,33)(H,29,32). The molecule has 2 amide bonds. The molecule has 0 aliphatic carbocycles. The Morgan fingerprint density at radius 1 is 0.882 bits per heavy atom. The zero-order chi connectivity index (χ0) is 23.9. The second kappa shape index (κ2) is 10.8. The Morgan fingerprint density at radius 2 is 1.56 bits per heavy atom. The van der Waals surface area contributed by atoms with Crippen LogP contribution in [0.25, 0.3) is 0 Å². The van der Waals surface area contributed by atoms with Crippen molar-refractivity contribution in [1.29, 1.82) is 0 Å². The van der Waals surface area contributed by atoms with Crippen molar-refractivity contribution < 1.29 is 18.7 Å². The molecular weight excluding hydrogens is 435 g/mol. The largest absolute Gasteiger partial charge is 0.483 e. The van der Waals surface area contributed by atoms with Crippen molar-refractivity contribution in [2.24, 2.45) is 0 Å². The van der Waals surface area contributed by atoms with Gasteiger partial charge in [-0.05, 0) is 55.6 Å². The first-order valence-electron chi connectivity index (χ1n) is 11.1. The molecule has 4 rings (SSSR count). The van der Waals surface area contributed by atoms with Crippen LogP contribution in [0, 0.1) is 5.82 Å². The lowest BCUT2D eigenvalue weighted by Gasteiger charge is -2.34. The van der Waals surface area contributed by atoms with Crippen LogP contribution in [0.4, 0.5) is 21.5 Å². The van der Waals surface area contributed by atoms with Crippen LogP contribution < -0.4 is 20.3 Å². The number of amides is 2. The molecule has 0 radical (unpaired) electrons. The first-order chi connectivity index (χ1) is 16.5. The minimum Gasteiger partial charge on any atom is -0.483 e. The van der Waals surface area contributed by atoms with Crippen LogP contribution in [-0.4, -0.2) is 56.5 Å². The second-order valence-electron chi connectivity index (χ2n) is 8.10. The Kier molecular flexibility index (Phi) is 7.39. The summed E-state index contributed by atoms with van der Waals surface area (Å²) < 4.78 is 19.3. The van der Waals surface area contributed by atoms with Crippen molar-refractivity contribution in [1.82, 2.24) is 4.90 Å². The van der Waals surface area contributed by atoms with Crippen LogP contribution in [0.5, 0.6) is 5.75 Å². The van der Waals surface area contributed by atoms with E-state index in [2.05, 4.69) is 27.5 Å². The monoisotopic (exact) mass is 462 g/mol. The number of nitrogens with zero attached hydrogens (tertiary/aromatic N) is 2. The van der Waals surface area contributed by atoms with Gasteiger partial charge in [-0.3, -0.25) is 9.59 Å². The molecule has 8 heteroatoms. The van der Waals surface area contributed by atoms with Gasteiger partial charge in [0.15, 0.2) is 6.61 Å². The summed E-state index contributed by atoms with van der Waals surface area (Å²) in [6.07, 6.45) is 0. The first kappa shape index (κ1) is 23.3. The minimum absolute atomic E-state index is 0.0714. The Labute approximate surface area is 198 Å². The number of rotatable bonds is 7. The van der Waals surface area contributed by atoms with Crippen molar-refractivity contribution in [3.05, 3.63) is 84.2 Å². The normalized spacial score (nSPS) is 13.9. The number of para-hydroxylation sites is 2. The molecule has 7 nitrogen and oxygen atoms in total. The number of likely N-dealkylation sites (N-methyl/N-ethyl adjacent to an activating group) is 1. The highest BCUT2D eigenvalue weighted by atomic mass is 19.1. The molecule has 0 spiro atoms. The fourth-order valence-electron chi connectivity index (χ4n) is 3.69. The van der Waals surface area contributed by atoms with Crippen LogP contribution in [0.2, 0.25) is 0 Å². The van der Waals surface area contributed by atoms with Gasteiger partial charge < -0.3 is 25.2 Å². The third-order valence-electron chi connectivity index (χ3n) is 5.63. The van der Waals surface area contributed by atoms with E-state index in [0.29, 0.717) is 11.3 Å². The third kappa shape index (κ3) is 5.90. The van der Waals surface area contributed by atoms with E-state index in [9.17, 15) is 14.0 Å². The summed E-state index contributed by atoms with van der Waals surface area (Å²) in [5.74, 6) is -1.15. The number of carbonyl (C=O) groups is 2. The predicted octanol–water partition coefficient (Wildman–Crippen LogP) is 3.85. The maximum atomic E-state index is 13.7. The third-order valence-corrected chi connectivity index (χ3v) is 5.63. The highest BCUT2D eigenvalue weighted by Gasteiger charge is 2.16. The van der Waals surface area contributed by atoms with Crippen molar-refractivity contribution in [3.8, 4) is 5.75 Å². The molecule has 1 aliphatic heterocycles. The van der Waals surface area contributed by atoms with Crippen LogP contribution in [0.1, 0.15) is 10.4 Å². The number of anilines is 3. The zero-order valence-corrected chi connectivity index (χ0v) is 19.0. The second-order valence-corrected chi connectivity index (χ2v) is 8.10. The highest BCUT2D eigenvalue weighted by molar-refractivity contribution is 6.06. The lowest BCUT2D eigenvalue weighted by atomic mass is 10.1. The number of benzene rings is 3. The van der Waals surface area contributed by atoms with E-state index in [1.54, 1.807) is 30.3 Å². The van der Waals surface area contributed by atoms with Crippen LogP contribution in [-0.2, 0) is 4.79 Å². The van der Waals surface area contributed by atoms with Gasteiger partial charge >= 0.3 is 0 Å². The lowest BCUT2D eigenvalue weighted by molar-refractivity contribution is -0.118. The predicted molar refractivity (Wildman–Crippen MR) is 131 cm³/mol. The molecule has 3 aromatic carbocycles. The van der Waals surface area contributed by atoms with Crippen LogP contribution >= 0.6 is 0 Å². The quantitative estimate of drug-likeness (QED) is 0.558. The van der Waals surface area contributed by atoms with E-state index >= 15 is 0 Å². The zero-order valence-electron chi connectivity index (χ0n) is 19.0. The number of piperazine rings is 1. The Balaban J connectivity index is 1.36. The van der Waals surface area contributed by atoms with Gasteiger partial charge in [0, 0.05) is 37.6 Å². The van der Waals surface area contributed by atoms with Gasteiger partial charge in [-0.1, -0.05) is 24.3 Å². The van der Waals surface area contributed by atoms with Gasteiger partial charge in [0.1, 0.15) is 11.6 Å². The molecule has 1 saturated heterocycles. The summed E-state index contributed by atoms with van der Waals surface area (Å²) in [4.78, 5) is 29.7. The fraction of sp³-hybridized carbons (Fsp3) is 0.231. The number of hydrogen-bond acceptors (Lipinski definition) is 5. The van der Waals surface area contributed by atoms with Gasteiger partial charge in [0.2, 0.25) is 0 Å². The molecule has 34 heavy (non-hydrogen) atoms. The molecule has 0 saturated carbocycles. The van der Waals surface area contributed by atoms with E-state index < -0.39 is 11.7 Å². The van der Waals surface area contributed by atoms with Crippen LogP contribution in [0.3, 0.4) is 0 Å². The van der Waals surface area contributed by atoms with Gasteiger partial charge in [0.25, 0.3) is 11.8 Å². The molecule has 1 heterocycles. The first-order valence-corrected chi connectivity index (χ1v) is 11.1. The Hall–Kier alpha value is -3.91. The topological polar surface area (TPSA) is 73.9 Å². The number of ether oxygens (including phenoxy) is 1. The van der Waals surface area contributed by atoms with E-state index in [1.807, 2.05) is 24.3 Å². The highest BCUT2D eigenvalue weighted by Crippen LogP contribution is 2.23. The summed E-state index contributed by atoms with van der Waals surface area (Å²) in [7, 11) is 2.12. The van der Waals surface area contributed by atoms with Gasteiger partial charge in [-0.2, -0.15) is 0 Å². The molecule has 2 N–H and O–H groups in total. The van der Waals surface area contributed by atoms with E-state index in [4.69, 9.17) is 4.74 Å². The molecule has 0 bridgehead atoms. The van der Waals surface area contributed by atoms with Gasteiger partial charge in [-0.25, -0.2) is 4.39 Å². The summed E-state index contributed by atoms with van der Waals surface area (Å²) >= 11 is 0. The van der Waals surface area contributed by atoms with Crippen molar-refractivity contribution in [2.75, 3.05) is 55.4 Å². The van der Waals surface area contributed by atoms with Crippen molar-refractivity contribution >= 4 is 28.9 Å². The molecular formula is C26H27FN4O3. The average Bonchev–Trinajstić information content (AvgIpc) is 2.85. The molecule has 176 valence electrons. The maximum Gasteiger partial charge on any atom is 0.262 e. The molecule has 3 aromatic rings. The fourth-order valence-corrected chi connectivity index (χ4v) is 3.69. The summed E-state index contributed by atoms with van der Waals surface area (Å²) in [6, 6.07) is 20.3. The van der Waals surface area contributed by atoms with E-state index in [1.165, 1.54) is 18.2 Å². The Bertz CT molecular complexity index is 1140. The molecule has 0 unspecified atom stereocenters.